The number of hydrogen-bond donors (Lipinski definition) is 1. The van der Waals surface area contributed by atoms with E-state index in [1.165, 1.54) is 0 Å². The fourth-order valence-corrected chi connectivity index (χ4v) is 3.79. The summed E-state index contributed by atoms with van der Waals surface area (Å²) >= 11 is 0. The lowest BCUT2D eigenvalue weighted by Crippen LogP contribution is -2.57. The van der Waals surface area contributed by atoms with Crippen molar-refractivity contribution in [2.45, 2.75) is 18.9 Å². The zero-order valence-electron chi connectivity index (χ0n) is 15.4. The largest absolute Gasteiger partial charge is 0.382 e. The Bertz CT molecular complexity index is 841. The molecule has 2 heterocycles. The van der Waals surface area contributed by atoms with Gasteiger partial charge in [0.15, 0.2) is 0 Å². The number of morpholine rings is 1. The first kappa shape index (κ1) is 18.4. The zero-order valence-corrected chi connectivity index (χ0v) is 15.4. The van der Waals surface area contributed by atoms with Gasteiger partial charge in [0, 0.05) is 37.3 Å². The van der Waals surface area contributed by atoms with E-state index in [2.05, 4.69) is 0 Å². The molecule has 7 heteroatoms. The SMILES string of the molecule is COC[C@@]1(CC(N)=O)CN(C(=O)c2c(C)n(C)c3ccccc23)CCO1. The van der Waals surface area contributed by atoms with Crippen LogP contribution in [-0.2, 0) is 21.3 Å². The third-order valence-corrected chi connectivity index (χ3v) is 5.05. The summed E-state index contributed by atoms with van der Waals surface area (Å²) in [4.78, 5) is 26.6. The van der Waals surface area contributed by atoms with Gasteiger partial charge in [-0.2, -0.15) is 0 Å². The maximum Gasteiger partial charge on any atom is 0.256 e. The van der Waals surface area contributed by atoms with Crippen LogP contribution in [0.1, 0.15) is 22.5 Å². The van der Waals surface area contributed by atoms with Crippen molar-refractivity contribution in [3.8, 4) is 0 Å². The third kappa shape index (κ3) is 3.20. The van der Waals surface area contributed by atoms with Gasteiger partial charge in [0.25, 0.3) is 5.91 Å². The number of carbonyl (C=O) groups excluding carboxylic acids is 2. The van der Waals surface area contributed by atoms with Gasteiger partial charge in [-0.3, -0.25) is 9.59 Å². The summed E-state index contributed by atoms with van der Waals surface area (Å²) in [5.41, 5.74) is 7.11. The van der Waals surface area contributed by atoms with Crippen molar-refractivity contribution in [2.24, 2.45) is 12.8 Å². The lowest BCUT2D eigenvalue weighted by atomic mass is 9.96. The Morgan fingerprint density at radius 2 is 2.08 bits per heavy atom. The predicted molar refractivity (Wildman–Crippen MR) is 97.9 cm³/mol. The number of methoxy groups -OCH3 is 1. The van der Waals surface area contributed by atoms with Gasteiger partial charge in [-0.05, 0) is 13.0 Å². The highest BCUT2D eigenvalue weighted by molar-refractivity contribution is 6.08. The number of nitrogens with zero attached hydrogens (tertiary/aromatic N) is 2. The van der Waals surface area contributed by atoms with Gasteiger partial charge in [0.05, 0.1) is 31.7 Å². The van der Waals surface area contributed by atoms with E-state index in [-0.39, 0.29) is 25.5 Å². The van der Waals surface area contributed by atoms with Crippen molar-refractivity contribution < 1.29 is 19.1 Å². The third-order valence-electron chi connectivity index (χ3n) is 5.05. The van der Waals surface area contributed by atoms with Crippen LogP contribution >= 0.6 is 0 Å². The van der Waals surface area contributed by atoms with Crippen LogP contribution in [0.5, 0.6) is 0 Å². The number of fused-ring (bicyclic) bond motifs is 1. The van der Waals surface area contributed by atoms with E-state index in [0.717, 1.165) is 16.6 Å². The number of nitrogens with two attached hydrogens (primary N) is 1. The van der Waals surface area contributed by atoms with Gasteiger partial charge < -0.3 is 24.7 Å². The average molecular weight is 359 g/mol. The van der Waals surface area contributed by atoms with Crippen LogP contribution in [0.3, 0.4) is 0 Å². The van der Waals surface area contributed by atoms with Crippen molar-refractivity contribution in [3.63, 3.8) is 0 Å². The van der Waals surface area contributed by atoms with E-state index in [9.17, 15) is 9.59 Å². The molecule has 1 saturated heterocycles. The fourth-order valence-electron chi connectivity index (χ4n) is 3.79. The van der Waals surface area contributed by atoms with Crippen LogP contribution in [0.4, 0.5) is 0 Å². The van der Waals surface area contributed by atoms with Crippen molar-refractivity contribution in [3.05, 3.63) is 35.5 Å². The molecule has 0 spiro atoms. The molecule has 1 fully saturated rings. The number of carbonyl (C=O) groups is 2. The summed E-state index contributed by atoms with van der Waals surface area (Å²) in [7, 11) is 3.50. The number of rotatable bonds is 5. The molecular formula is C19H25N3O4. The normalized spacial score (nSPS) is 20.5. The molecule has 7 nitrogen and oxygen atoms in total. The Balaban J connectivity index is 1.95. The predicted octanol–water partition coefficient (Wildman–Crippen LogP) is 1.22. The van der Waals surface area contributed by atoms with Gasteiger partial charge in [-0.25, -0.2) is 0 Å². The second-order valence-electron chi connectivity index (χ2n) is 6.87. The van der Waals surface area contributed by atoms with E-state index in [1.54, 1.807) is 12.0 Å². The maximum absolute atomic E-state index is 13.3. The molecule has 2 amide bonds. The first-order chi connectivity index (χ1) is 12.4. The monoisotopic (exact) mass is 359 g/mol. The molecule has 1 aromatic heterocycles. The summed E-state index contributed by atoms with van der Waals surface area (Å²) in [6, 6.07) is 7.85. The zero-order chi connectivity index (χ0) is 18.9. The number of amides is 2. The van der Waals surface area contributed by atoms with Crippen LogP contribution < -0.4 is 5.73 Å². The summed E-state index contributed by atoms with van der Waals surface area (Å²) in [5.74, 6) is -0.537. The molecule has 2 aromatic rings. The molecule has 0 radical (unpaired) electrons. The molecule has 1 aliphatic heterocycles. The van der Waals surface area contributed by atoms with E-state index in [0.29, 0.717) is 18.7 Å². The highest BCUT2D eigenvalue weighted by Gasteiger charge is 2.40. The van der Waals surface area contributed by atoms with Crippen LogP contribution in [0.15, 0.2) is 24.3 Å². The van der Waals surface area contributed by atoms with E-state index < -0.39 is 11.5 Å². The van der Waals surface area contributed by atoms with Gasteiger partial charge in [-0.1, -0.05) is 18.2 Å². The summed E-state index contributed by atoms with van der Waals surface area (Å²) < 4.78 is 13.1. The topological polar surface area (TPSA) is 86.8 Å². The minimum Gasteiger partial charge on any atom is -0.382 e. The summed E-state index contributed by atoms with van der Waals surface area (Å²) in [5, 5.41) is 0.927. The lowest BCUT2D eigenvalue weighted by Gasteiger charge is -2.41. The van der Waals surface area contributed by atoms with Gasteiger partial charge in [0.2, 0.25) is 5.91 Å². The Morgan fingerprint density at radius 1 is 1.35 bits per heavy atom. The van der Waals surface area contributed by atoms with Crippen molar-refractivity contribution in [1.29, 1.82) is 0 Å². The number of primary amides is 1. The standard InChI is InChI=1S/C19H25N3O4/c1-13-17(14-6-4-5-7-15(14)21(13)2)18(24)22-8-9-26-19(11-22,12-25-3)10-16(20)23/h4-7H,8-12H2,1-3H3,(H2,20,23)/t19-/m1/s1. The Kier molecular flexibility index (Phi) is 5.02. The minimum absolute atomic E-state index is 0.0130. The number of para-hydroxylation sites is 1. The van der Waals surface area contributed by atoms with Crippen LogP contribution in [0, 0.1) is 6.92 Å². The first-order valence-electron chi connectivity index (χ1n) is 8.63. The molecule has 26 heavy (non-hydrogen) atoms. The van der Waals surface area contributed by atoms with E-state index in [1.807, 2.05) is 42.8 Å². The van der Waals surface area contributed by atoms with Crippen molar-refractivity contribution >= 4 is 22.7 Å². The molecule has 3 rings (SSSR count). The van der Waals surface area contributed by atoms with Crippen LogP contribution in [0.2, 0.25) is 0 Å². The second-order valence-corrected chi connectivity index (χ2v) is 6.87. The molecule has 1 aliphatic rings. The number of aromatic nitrogens is 1. The van der Waals surface area contributed by atoms with Crippen molar-refractivity contribution in [1.82, 2.24) is 9.47 Å². The van der Waals surface area contributed by atoms with E-state index >= 15 is 0 Å². The average Bonchev–Trinajstić information content (AvgIpc) is 2.85. The Labute approximate surface area is 152 Å². The molecule has 0 unspecified atom stereocenters. The molecule has 0 saturated carbocycles. The fraction of sp³-hybridized carbons (Fsp3) is 0.474. The Morgan fingerprint density at radius 3 is 2.77 bits per heavy atom. The van der Waals surface area contributed by atoms with Crippen LogP contribution in [-0.4, -0.2) is 60.3 Å². The first-order valence-corrected chi connectivity index (χ1v) is 8.63. The number of aryl methyl sites for hydroxylation is 1. The number of ether oxygens (including phenoxy) is 2. The smallest absolute Gasteiger partial charge is 0.256 e. The molecule has 0 bridgehead atoms. The van der Waals surface area contributed by atoms with Gasteiger partial charge in [-0.15, -0.1) is 0 Å². The minimum atomic E-state index is -0.896. The van der Waals surface area contributed by atoms with Crippen molar-refractivity contribution in [2.75, 3.05) is 33.4 Å². The quantitative estimate of drug-likeness (QED) is 0.870. The van der Waals surface area contributed by atoms with Crippen LogP contribution in [0.25, 0.3) is 10.9 Å². The highest BCUT2D eigenvalue weighted by atomic mass is 16.5. The number of benzene rings is 1. The van der Waals surface area contributed by atoms with Gasteiger partial charge >= 0.3 is 0 Å². The molecule has 140 valence electrons. The lowest BCUT2D eigenvalue weighted by molar-refractivity contribution is -0.148. The summed E-state index contributed by atoms with van der Waals surface area (Å²) in [6.45, 7) is 3.22. The number of hydrogen-bond acceptors (Lipinski definition) is 4. The Hall–Kier alpha value is -2.38. The highest BCUT2D eigenvalue weighted by Crippen LogP contribution is 2.29. The van der Waals surface area contributed by atoms with E-state index in [4.69, 9.17) is 15.2 Å². The second kappa shape index (κ2) is 7.09. The summed E-state index contributed by atoms with van der Waals surface area (Å²) in [6.07, 6.45) is 0.0130. The molecular weight excluding hydrogens is 334 g/mol. The molecule has 1 aromatic carbocycles. The maximum atomic E-state index is 13.3. The molecule has 1 atom stereocenters. The van der Waals surface area contributed by atoms with Gasteiger partial charge in [0.1, 0.15) is 5.60 Å². The molecule has 0 aliphatic carbocycles. The molecule has 2 N–H and O–H groups in total.